The van der Waals surface area contributed by atoms with E-state index in [-0.39, 0.29) is 5.91 Å². The van der Waals surface area contributed by atoms with Gasteiger partial charge in [-0.05, 0) is 39.4 Å². The Labute approximate surface area is 130 Å². The quantitative estimate of drug-likeness (QED) is 0.864. The molecule has 0 aromatic carbocycles. The van der Waals surface area contributed by atoms with Gasteiger partial charge in [-0.3, -0.25) is 9.89 Å². The number of thiophene rings is 1. The lowest BCUT2D eigenvalue weighted by Gasteiger charge is -2.15. The number of carbonyl (C=O) groups excluding carboxylic acids is 1. The van der Waals surface area contributed by atoms with Gasteiger partial charge in [0.25, 0.3) is 5.91 Å². The number of nitrogens with two attached hydrogens (primary N) is 1. The molecule has 0 saturated carbocycles. The van der Waals surface area contributed by atoms with Crippen molar-refractivity contribution < 1.29 is 4.79 Å². The van der Waals surface area contributed by atoms with Crippen LogP contribution in [0.25, 0.3) is 0 Å². The Balaban J connectivity index is 2.10. The molecule has 0 aliphatic heterocycles. The van der Waals surface area contributed by atoms with Gasteiger partial charge >= 0.3 is 0 Å². The summed E-state index contributed by atoms with van der Waals surface area (Å²) < 4.78 is 1.05. The summed E-state index contributed by atoms with van der Waals surface area (Å²) in [7, 11) is 1.75. The van der Waals surface area contributed by atoms with Gasteiger partial charge in [0.15, 0.2) is 5.69 Å². The van der Waals surface area contributed by atoms with Crippen molar-refractivity contribution in [2.24, 2.45) is 0 Å². The van der Waals surface area contributed by atoms with Crippen molar-refractivity contribution in [3.63, 3.8) is 0 Å². The average Bonchev–Trinajstić information content (AvgIpc) is 2.97. The van der Waals surface area contributed by atoms with Crippen molar-refractivity contribution in [1.82, 2.24) is 15.1 Å². The molecule has 7 heteroatoms. The fourth-order valence-corrected chi connectivity index (χ4v) is 3.15. The summed E-state index contributed by atoms with van der Waals surface area (Å²) in [5.41, 5.74) is 8.68. The predicted octanol–water partition coefficient (Wildman–Crippen LogP) is 3.04. The van der Waals surface area contributed by atoms with Crippen LogP contribution in [0.5, 0.6) is 0 Å². The van der Waals surface area contributed by atoms with Crippen LogP contribution in [0.2, 0.25) is 0 Å². The molecule has 2 heterocycles. The number of aromatic amines is 1. The molecule has 0 aliphatic rings. The zero-order valence-electron chi connectivity index (χ0n) is 11.4. The summed E-state index contributed by atoms with van der Waals surface area (Å²) in [6, 6.07) is 2.00. The number of amides is 1. The van der Waals surface area contributed by atoms with Crippen LogP contribution in [0, 0.1) is 0 Å². The molecule has 0 saturated heterocycles. The van der Waals surface area contributed by atoms with Crippen molar-refractivity contribution in [3.05, 3.63) is 32.2 Å². The van der Waals surface area contributed by atoms with Crippen LogP contribution in [-0.2, 0) is 13.0 Å². The number of H-pyrrole nitrogens is 1. The van der Waals surface area contributed by atoms with Gasteiger partial charge in [-0.25, -0.2) is 0 Å². The van der Waals surface area contributed by atoms with Gasteiger partial charge in [-0.15, -0.1) is 11.3 Å². The number of hydrogen-bond donors (Lipinski definition) is 2. The molecule has 108 valence electrons. The minimum Gasteiger partial charge on any atom is -0.395 e. The highest BCUT2D eigenvalue weighted by Crippen LogP contribution is 2.23. The minimum atomic E-state index is -0.163. The van der Waals surface area contributed by atoms with Crippen LogP contribution in [-0.4, -0.2) is 28.1 Å². The van der Waals surface area contributed by atoms with Crippen molar-refractivity contribution in [2.45, 2.75) is 26.3 Å². The Hall–Kier alpha value is -1.34. The fraction of sp³-hybridized carbons (Fsp3) is 0.385. The van der Waals surface area contributed by atoms with Crippen molar-refractivity contribution in [3.8, 4) is 0 Å². The van der Waals surface area contributed by atoms with Gasteiger partial charge in [-0.2, -0.15) is 5.10 Å². The number of anilines is 1. The first-order chi connectivity index (χ1) is 9.52. The molecule has 0 bridgehead atoms. The number of nitrogens with zero attached hydrogens (tertiary/aromatic N) is 2. The summed E-state index contributed by atoms with van der Waals surface area (Å²) in [5, 5.41) is 8.92. The second-order valence-corrected chi connectivity index (χ2v) is 6.93. The highest BCUT2D eigenvalue weighted by molar-refractivity contribution is 9.11. The normalized spacial score (nSPS) is 10.8. The molecule has 0 aliphatic carbocycles. The third-order valence-electron chi connectivity index (χ3n) is 2.97. The molecule has 2 aromatic heterocycles. The van der Waals surface area contributed by atoms with E-state index in [2.05, 4.69) is 33.1 Å². The number of nitrogen functional groups attached to an aromatic ring is 1. The maximum atomic E-state index is 12.3. The van der Waals surface area contributed by atoms with Crippen molar-refractivity contribution in [1.29, 1.82) is 0 Å². The van der Waals surface area contributed by atoms with Gasteiger partial charge in [-0.1, -0.05) is 13.3 Å². The average molecular weight is 357 g/mol. The zero-order chi connectivity index (χ0) is 14.7. The number of hydrogen-bond acceptors (Lipinski definition) is 4. The first-order valence-corrected chi connectivity index (χ1v) is 8.01. The van der Waals surface area contributed by atoms with E-state index in [1.54, 1.807) is 23.3 Å². The molecule has 1 amide bonds. The molecular weight excluding hydrogens is 340 g/mol. The molecule has 20 heavy (non-hydrogen) atoms. The van der Waals surface area contributed by atoms with Gasteiger partial charge in [0.05, 0.1) is 15.2 Å². The number of rotatable bonds is 5. The van der Waals surface area contributed by atoms with Gasteiger partial charge in [0, 0.05) is 13.6 Å². The summed E-state index contributed by atoms with van der Waals surface area (Å²) in [5.74, 6) is -0.163. The molecule has 3 N–H and O–H groups in total. The topological polar surface area (TPSA) is 75.0 Å². The van der Waals surface area contributed by atoms with E-state index >= 15 is 0 Å². The summed E-state index contributed by atoms with van der Waals surface area (Å²) in [6.07, 6.45) is 1.76. The molecule has 0 atom stereocenters. The van der Waals surface area contributed by atoms with Crippen LogP contribution in [0.15, 0.2) is 15.2 Å². The largest absolute Gasteiger partial charge is 0.395 e. The lowest BCUT2D eigenvalue weighted by atomic mass is 10.2. The highest BCUT2D eigenvalue weighted by atomic mass is 79.9. The van der Waals surface area contributed by atoms with Crippen molar-refractivity contribution in [2.75, 3.05) is 12.8 Å². The van der Waals surface area contributed by atoms with E-state index in [9.17, 15) is 4.79 Å². The Kier molecular flexibility index (Phi) is 4.82. The molecule has 5 nitrogen and oxygen atoms in total. The minimum absolute atomic E-state index is 0.163. The summed E-state index contributed by atoms with van der Waals surface area (Å²) >= 11 is 5.01. The first kappa shape index (κ1) is 15.1. The van der Waals surface area contributed by atoms with E-state index in [1.165, 1.54) is 0 Å². The number of nitrogens with one attached hydrogen (secondary N) is 1. The molecule has 2 rings (SSSR count). The standard InChI is InChI=1S/C13H17BrN4OS/c1-3-4-9-11(15)12(17-16-9)13(19)18(2)6-8-5-10(14)20-7-8/h5,7H,3-4,6,15H2,1-2H3,(H,16,17). The van der Waals surface area contributed by atoms with Crippen LogP contribution in [0.3, 0.4) is 0 Å². The highest BCUT2D eigenvalue weighted by Gasteiger charge is 2.20. The van der Waals surface area contributed by atoms with E-state index in [4.69, 9.17) is 5.73 Å². The van der Waals surface area contributed by atoms with Gasteiger partial charge < -0.3 is 10.6 Å². The van der Waals surface area contributed by atoms with E-state index in [0.717, 1.165) is 27.9 Å². The second kappa shape index (κ2) is 6.41. The first-order valence-electron chi connectivity index (χ1n) is 6.34. The third-order valence-corrected chi connectivity index (χ3v) is 4.53. The smallest absolute Gasteiger partial charge is 0.276 e. The number of aryl methyl sites for hydroxylation is 1. The Morgan fingerprint density at radius 1 is 1.60 bits per heavy atom. The maximum absolute atomic E-state index is 12.3. The van der Waals surface area contributed by atoms with E-state index in [1.807, 2.05) is 11.4 Å². The van der Waals surface area contributed by atoms with E-state index in [0.29, 0.717) is 17.9 Å². The summed E-state index contributed by atoms with van der Waals surface area (Å²) in [4.78, 5) is 14.0. The maximum Gasteiger partial charge on any atom is 0.276 e. The van der Waals surface area contributed by atoms with Gasteiger partial charge in [0.1, 0.15) is 0 Å². The van der Waals surface area contributed by atoms with Gasteiger partial charge in [0.2, 0.25) is 0 Å². The lowest BCUT2D eigenvalue weighted by Crippen LogP contribution is -2.27. The predicted molar refractivity (Wildman–Crippen MR) is 84.8 cm³/mol. The van der Waals surface area contributed by atoms with E-state index < -0.39 is 0 Å². The SMILES string of the molecule is CCCc1[nH]nc(C(=O)N(C)Cc2csc(Br)c2)c1N. The monoisotopic (exact) mass is 356 g/mol. The number of aromatic nitrogens is 2. The second-order valence-electron chi connectivity index (χ2n) is 4.63. The van der Waals surface area contributed by atoms with Crippen LogP contribution < -0.4 is 5.73 Å². The lowest BCUT2D eigenvalue weighted by molar-refractivity contribution is 0.0780. The molecule has 0 fully saturated rings. The van der Waals surface area contributed by atoms with Crippen molar-refractivity contribution >= 4 is 38.9 Å². The third kappa shape index (κ3) is 3.21. The Morgan fingerprint density at radius 2 is 2.35 bits per heavy atom. The fourth-order valence-electron chi connectivity index (χ4n) is 1.95. The molecule has 2 aromatic rings. The summed E-state index contributed by atoms with van der Waals surface area (Å²) in [6.45, 7) is 2.60. The Bertz CT molecular complexity index is 607. The molecule has 0 spiro atoms. The molecular formula is C13H17BrN4OS. The van der Waals surface area contributed by atoms with Crippen LogP contribution >= 0.6 is 27.3 Å². The Morgan fingerprint density at radius 3 is 2.95 bits per heavy atom. The zero-order valence-corrected chi connectivity index (χ0v) is 13.8. The van der Waals surface area contributed by atoms with Crippen LogP contribution in [0.4, 0.5) is 5.69 Å². The number of halogens is 1. The number of carbonyl (C=O) groups is 1. The van der Waals surface area contributed by atoms with Crippen LogP contribution in [0.1, 0.15) is 35.1 Å². The molecule has 0 radical (unpaired) electrons. The molecule has 0 unspecified atom stereocenters.